The van der Waals surface area contributed by atoms with Crippen LogP contribution < -0.4 is 10.0 Å². The van der Waals surface area contributed by atoms with Crippen molar-refractivity contribution in [3.8, 4) is 0 Å². The van der Waals surface area contributed by atoms with Gasteiger partial charge in [-0.3, -0.25) is 9.52 Å². The molecule has 5 nitrogen and oxygen atoms in total. The fourth-order valence-electron chi connectivity index (χ4n) is 1.65. The summed E-state index contributed by atoms with van der Waals surface area (Å²) in [5.41, 5.74) is 0.872. The quantitative estimate of drug-likeness (QED) is 0.902. The van der Waals surface area contributed by atoms with Crippen LogP contribution in [0.25, 0.3) is 0 Å². The molecule has 0 atom stereocenters. The van der Waals surface area contributed by atoms with Crippen molar-refractivity contribution in [2.75, 3.05) is 11.8 Å². The van der Waals surface area contributed by atoms with Crippen LogP contribution in [0.15, 0.2) is 59.5 Å². The van der Waals surface area contributed by atoms with Crippen molar-refractivity contribution in [3.63, 3.8) is 0 Å². The first kappa shape index (κ1) is 14.1. The van der Waals surface area contributed by atoms with Gasteiger partial charge in [0, 0.05) is 18.3 Å². The van der Waals surface area contributed by atoms with Crippen molar-refractivity contribution in [2.45, 2.75) is 4.90 Å². The molecule has 0 radical (unpaired) electrons. The third-order valence-electron chi connectivity index (χ3n) is 2.68. The van der Waals surface area contributed by atoms with Crippen molar-refractivity contribution < 1.29 is 13.2 Å². The molecule has 104 valence electrons. The maximum absolute atomic E-state index is 12.1. The van der Waals surface area contributed by atoms with Crippen molar-refractivity contribution in [1.82, 2.24) is 5.32 Å². The first-order chi connectivity index (χ1) is 9.53. The van der Waals surface area contributed by atoms with E-state index in [1.165, 1.54) is 19.2 Å². The highest BCUT2D eigenvalue weighted by molar-refractivity contribution is 7.92. The molecule has 2 aromatic rings. The maximum atomic E-state index is 12.1. The predicted molar refractivity (Wildman–Crippen MR) is 77.1 cm³/mol. The second-order valence-electron chi connectivity index (χ2n) is 4.08. The normalized spacial score (nSPS) is 10.8. The minimum atomic E-state index is -3.60. The van der Waals surface area contributed by atoms with Gasteiger partial charge in [0.2, 0.25) is 0 Å². The summed E-state index contributed by atoms with van der Waals surface area (Å²) in [4.78, 5) is 11.6. The van der Waals surface area contributed by atoms with Gasteiger partial charge >= 0.3 is 0 Å². The highest BCUT2D eigenvalue weighted by Crippen LogP contribution is 2.16. The van der Waals surface area contributed by atoms with Gasteiger partial charge in [0.05, 0.1) is 4.90 Å². The summed E-state index contributed by atoms with van der Waals surface area (Å²) in [6.07, 6.45) is 0. The summed E-state index contributed by atoms with van der Waals surface area (Å²) in [5, 5.41) is 2.50. The van der Waals surface area contributed by atoms with Crippen LogP contribution in [0.1, 0.15) is 10.4 Å². The van der Waals surface area contributed by atoms with Gasteiger partial charge in [-0.2, -0.15) is 0 Å². The molecule has 0 aliphatic heterocycles. The van der Waals surface area contributed by atoms with E-state index in [0.29, 0.717) is 11.3 Å². The van der Waals surface area contributed by atoms with Crippen molar-refractivity contribution in [1.29, 1.82) is 0 Å². The second kappa shape index (κ2) is 5.75. The van der Waals surface area contributed by atoms with Crippen molar-refractivity contribution >= 4 is 21.6 Å². The summed E-state index contributed by atoms with van der Waals surface area (Å²) in [6.45, 7) is 0. The molecule has 0 saturated carbocycles. The third kappa shape index (κ3) is 3.16. The second-order valence-corrected chi connectivity index (χ2v) is 5.76. The van der Waals surface area contributed by atoms with Crippen LogP contribution in [-0.2, 0) is 10.0 Å². The lowest BCUT2D eigenvalue weighted by atomic mass is 10.2. The summed E-state index contributed by atoms with van der Waals surface area (Å²) in [5.74, 6) is -0.220. The number of hydrogen-bond acceptors (Lipinski definition) is 3. The lowest BCUT2D eigenvalue weighted by molar-refractivity contribution is 0.0963. The number of anilines is 1. The smallest absolute Gasteiger partial charge is 0.261 e. The molecule has 6 heteroatoms. The van der Waals surface area contributed by atoms with Gasteiger partial charge in [0.15, 0.2) is 0 Å². The van der Waals surface area contributed by atoms with E-state index in [-0.39, 0.29) is 10.8 Å². The molecule has 0 aliphatic carbocycles. The zero-order valence-corrected chi connectivity index (χ0v) is 11.6. The molecule has 0 heterocycles. The summed E-state index contributed by atoms with van der Waals surface area (Å²) < 4.78 is 26.6. The summed E-state index contributed by atoms with van der Waals surface area (Å²) in [6, 6.07) is 14.3. The van der Waals surface area contributed by atoms with E-state index < -0.39 is 10.0 Å². The lowest BCUT2D eigenvalue weighted by Gasteiger charge is -2.08. The van der Waals surface area contributed by atoms with Crippen LogP contribution in [0, 0.1) is 0 Å². The Bertz CT molecular complexity index is 695. The van der Waals surface area contributed by atoms with Crippen molar-refractivity contribution in [3.05, 3.63) is 60.2 Å². The Morgan fingerprint density at radius 3 is 2.10 bits per heavy atom. The van der Waals surface area contributed by atoms with E-state index >= 15 is 0 Å². The van der Waals surface area contributed by atoms with Gasteiger partial charge in [0.25, 0.3) is 15.9 Å². The fraction of sp³-hybridized carbons (Fsp3) is 0.0714. The Morgan fingerprint density at radius 1 is 0.950 bits per heavy atom. The van der Waals surface area contributed by atoms with E-state index in [9.17, 15) is 13.2 Å². The predicted octanol–water partition coefficient (Wildman–Crippen LogP) is 1.85. The molecule has 20 heavy (non-hydrogen) atoms. The Kier molecular flexibility index (Phi) is 4.05. The number of rotatable bonds is 4. The highest BCUT2D eigenvalue weighted by atomic mass is 32.2. The standard InChI is InChI=1S/C14H14N2O3S/c1-15-14(17)11-7-9-12(10-8-11)16-20(18,19)13-5-3-2-4-6-13/h2-10,16H,1H3,(H,15,17). The van der Waals surface area contributed by atoms with Crippen LogP contribution in [0.4, 0.5) is 5.69 Å². The van der Waals surface area contributed by atoms with Crippen molar-refractivity contribution in [2.24, 2.45) is 0 Å². The molecule has 1 amide bonds. The van der Waals surface area contributed by atoms with Gasteiger partial charge in [-0.25, -0.2) is 8.42 Å². The number of amides is 1. The molecule has 2 rings (SSSR count). The van der Waals surface area contributed by atoms with Crippen LogP contribution in [0.3, 0.4) is 0 Å². The largest absolute Gasteiger partial charge is 0.355 e. The lowest BCUT2D eigenvalue weighted by Crippen LogP contribution is -2.18. The Hall–Kier alpha value is -2.34. The Morgan fingerprint density at radius 2 is 1.55 bits per heavy atom. The van der Waals surface area contributed by atoms with Gasteiger partial charge in [-0.15, -0.1) is 0 Å². The zero-order valence-electron chi connectivity index (χ0n) is 10.8. The minimum Gasteiger partial charge on any atom is -0.355 e. The number of sulfonamides is 1. The molecule has 2 N–H and O–H groups in total. The Balaban J connectivity index is 2.20. The number of nitrogens with one attached hydrogen (secondary N) is 2. The molecular weight excluding hydrogens is 276 g/mol. The van der Waals surface area contributed by atoms with E-state index in [1.807, 2.05) is 0 Å². The van der Waals surface area contributed by atoms with Crippen LogP contribution in [0.5, 0.6) is 0 Å². The molecule has 0 unspecified atom stereocenters. The van der Waals surface area contributed by atoms with E-state index in [2.05, 4.69) is 10.0 Å². The summed E-state index contributed by atoms with van der Waals surface area (Å²) in [7, 11) is -2.07. The molecule has 0 spiro atoms. The average Bonchev–Trinajstić information content (AvgIpc) is 2.48. The molecule has 0 aliphatic rings. The molecule has 2 aromatic carbocycles. The van der Waals surface area contributed by atoms with E-state index in [1.54, 1.807) is 42.5 Å². The van der Waals surface area contributed by atoms with Crippen LogP contribution in [-0.4, -0.2) is 21.4 Å². The first-order valence-corrected chi connectivity index (χ1v) is 7.41. The number of carbonyl (C=O) groups excluding carboxylic acids is 1. The zero-order chi connectivity index (χ0) is 14.6. The average molecular weight is 290 g/mol. The highest BCUT2D eigenvalue weighted by Gasteiger charge is 2.13. The van der Waals surface area contributed by atoms with Crippen LogP contribution in [0.2, 0.25) is 0 Å². The number of hydrogen-bond donors (Lipinski definition) is 2. The molecule has 0 fully saturated rings. The molecule has 0 bridgehead atoms. The monoisotopic (exact) mass is 290 g/mol. The number of benzene rings is 2. The Labute approximate surface area is 117 Å². The fourth-order valence-corrected chi connectivity index (χ4v) is 2.73. The molecule has 0 saturated heterocycles. The third-order valence-corrected chi connectivity index (χ3v) is 4.08. The van der Waals surface area contributed by atoms with E-state index in [4.69, 9.17) is 0 Å². The van der Waals surface area contributed by atoms with Crippen LogP contribution >= 0.6 is 0 Å². The van der Waals surface area contributed by atoms with E-state index in [0.717, 1.165) is 0 Å². The first-order valence-electron chi connectivity index (χ1n) is 5.93. The molecule has 0 aromatic heterocycles. The SMILES string of the molecule is CNC(=O)c1ccc(NS(=O)(=O)c2ccccc2)cc1. The maximum Gasteiger partial charge on any atom is 0.261 e. The van der Waals surface area contributed by atoms with Gasteiger partial charge in [-0.1, -0.05) is 18.2 Å². The van der Waals surface area contributed by atoms with Gasteiger partial charge in [-0.05, 0) is 36.4 Å². The molecular formula is C14H14N2O3S. The summed E-state index contributed by atoms with van der Waals surface area (Å²) >= 11 is 0. The topological polar surface area (TPSA) is 75.3 Å². The number of carbonyl (C=O) groups is 1. The van der Waals surface area contributed by atoms with Gasteiger partial charge in [0.1, 0.15) is 0 Å². The minimum absolute atomic E-state index is 0.190. The van der Waals surface area contributed by atoms with Gasteiger partial charge < -0.3 is 5.32 Å².